The second-order valence-corrected chi connectivity index (χ2v) is 5.18. The lowest BCUT2D eigenvalue weighted by molar-refractivity contribution is 0.632. The Labute approximate surface area is 97.5 Å². The minimum absolute atomic E-state index is 0.623. The van der Waals surface area contributed by atoms with Gasteiger partial charge in [0, 0.05) is 4.48 Å². The molecule has 0 amide bonds. The molecule has 0 spiro atoms. The summed E-state index contributed by atoms with van der Waals surface area (Å²) in [5, 5.41) is 4.29. The van der Waals surface area contributed by atoms with Crippen molar-refractivity contribution >= 4 is 31.7 Å². The number of allylic oxidation sites excluding steroid dienone is 3. The molecule has 1 aromatic rings. The van der Waals surface area contributed by atoms with E-state index in [0.29, 0.717) is 5.92 Å². The van der Waals surface area contributed by atoms with E-state index < -0.39 is 0 Å². The standard InChI is InChI=1S/C12H13BrS/c13-12(11-6-7-14-9-11)8-10-4-2-1-3-5-10/h2,4,6-10H,1,3,5H2/b12-8-. The maximum Gasteiger partial charge on any atom is 0.0222 e. The van der Waals surface area contributed by atoms with E-state index in [-0.39, 0.29) is 0 Å². The molecule has 1 atom stereocenters. The van der Waals surface area contributed by atoms with Crippen LogP contribution in [0.4, 0.5) is 0 Å². The lowest BCUT2D eigenvalue weighted by atomic mass is 9.95. The normalized spacial score (nSPS) is 22.6. The van der Waals surface area contributed by atoms with Gasteiger partial charge in [0.05, 0.1) is 0 Å². The SMILES string of the molecule is Br/C(=C\C1C=CCCC1)c1ccsc1. The molecule has 0 aliphatic heterocycles. The van der Waals surface area contributed by atoms with Gasteiger partial charge in [-0.05, 0) is 47.6 Å². The molecule has 2 rings (SSSR count). The van der Waals surface area contributed by atoms with Crippen molar-refractivity contribution in [2.75, 3.05) is 0 Å². The van der Waals surface area contributed by atoms with Gasteiger partial charge in [0.15, 0.2) is 0 Å². The zero-order valence-corrected chi connectivity index (χ0v) is 10.4. The van der Waals surface area contributed by atoms with Crippen LogP contribution in [0.25, 0.3) is 4.48 Å². The third-order valence-electron chi connectivity index (χ3n) is 2.45. The van der Waals surface area contributed by atoms with Crippen LogP contribution in [0.1, 0.15) is 24.8 Å². The quantitative estimate of drug-likeness (QED) is 0.674. The van der Waals surface area contributed by atoms with Gasteiger partial charge >= 0.3 is 0 Å². The largest absolute Gasteiger partial charge is 0.152 e. The van der Waals surface area contributed by atoms with Crippen LogP contribution in [-0.4, -0.2) is 0 Å². The first-order valence-corrected chi connectivity index (χ1v) is 6.66. The van der Waals surface area contributed by atoms with E-state index in [9.17, 15) is 0 Å². The molecular weight excluding hydrogens is 256 g/mol. The fourth-order valence-corrected chi connectivity index (χ4v) is 3.06. The Morgan fingerprint density at radius 3 is 3.14 bits per heavy atom. The second-order valence-electron chi connectivity index (χ2n) is 3.55. The van der Waals surface area contributed by atoms with Crippen molar-refractivity contribution in [3.8, 4) is 0 Å². The summed E-state index contributed by atoms with van der Waals surface area (Å²) in [5.41, 5.74) is 1.30. The molecule has 0 radical (unpaired) electrons. The lowest BCUT2D eigenvalue weighted by Gasteiger charge is -2.12. The summed E-state index contributed by atoms with van der Waals surface area (Å²) >= 11 is 5.38. The predicted octanol–water partition coefficient (Wildman–Crippen LogP) is 4.84. The summed E-state index contributed by atoms with van der Waals surface area (Å²) in [6, 6.07) is 2.15. The highest BCUT2D eigenvalue weighted by atomic mass is 79.9. The zero-order valence-electron chi connectivity index (χ0n) is 7.95. The smallest absolute Gasteiger partial charge is 0.0222 e. The first-order valence-electron chi connectivity index (χ1n) is 4.93. The summed E-state index contributed by atoms with van der Waals surface area (Å²) in [4.78, 5) is 0. The molecular formula is C12H13BrS. The summed E-state index contributed by atoms with van der Waals surface area (Å²) in [5.74, 6) is 0.623. The van der Waals surface area contributed by atoms with E-state index >= 15 is 0 Å². The van der Waals surface area contributed by atoms with Crippen molar-refractivity contribution in [3.05, 3.63) is 40.6 Å². The lowest BCUT2D eigenvalue weighted by Crippen LogP contribution is -1.96. The van der Waals surface area contributed by atoms with E-state index in [2.05, 4.69) is 51.0 Å². The topological polar surface area (TPSA) is 0 Å². The van der Waals surface area contributed by atoms with E-state index in [0.717, 1.165) is 0 Å². The molecule has 1 aliphatic carbocycles. The van der Waals surface area contributed by atoms with Crippen LogP contribution in [0.15, 0.2) is 35.1 Å². The number of hydrogen-bond donors (Lipinski definition) is 0. The molecule has 2 heteroatoms. The highest BCUT2D eigenvalue weighted by Gasteiger charge is 2.07. The summed E-state index contributed by atoms with van der Waals surface area (Å²) in [7, 11) is 0. The van der Waals surface area contributed by atoms with E-state index in [1.54, 1.807) is 11.3 Å². The number of rotatable bonds is 2. The predicted molar refractivity (Wildman–Crippen MR) is 67.7 cm³/mol. The van der Waals surface area contributed by atoms with Gasteiger partial charge in [-0.2, -0.15) is 11.3 Å². The fraction of sp³-hybridized carbons (Fsp3) is 0.333. The van der Waals surface area contributed by atoms with Crippen molar-refractivity contribution in [2.45, 2.75) is 19.3 Å². The molecule has 0 nitrogen and oxygen atoms in total. The van der Waals surface area contributed by atoms with Crippen LogP contribution in [0.3, 0.4) is 0 Å². The fourth-order valence-electron chi connectivity index (χ4n) is 1.66. The van der Waals surface area contributed by atoms with Crippen LogP contribution in [0.2, 0.25) is 0 Å². The van der Waals surface area contributed by atoms with Gasteiger partial charge in [0.25, 0.3) is 0 Å². The molecule has 0 N–H and O–H groups in total. The van der Waals surface area contributed by atoms with E-state index in [4.69, 9.17) is 0 Å². The molecule has 0 saturated carbocycles. The van der Waals surface area contributed by atoms with Crippen molar-refractivity contribution < 1.29 is 0 Å². The Morgan fingerprint density at radius 1 is 1.57 bits per heavy atom. The summed E-state index contributed by atoms with van der Waals surface area (Å²) in [6.45, 7) is 0. The average molecular weight is 269 g/mol. The van der Waals surface area contributed by atoms with Crippen LogP contribution in [0.5, 0.6) is 0 Å². The van der Waals surface area contributed by atoms with E-state index in [1.165, 1.54) is 29.3 Å². The second kappa shape index (κ2) is 4.94. The minimum atomic E-state index is 0.623. The maximum absolute atomic E-state index is 3.63. The number of halogens is 1. The first kappa shape index (κ1) is 10.2. The van der Waals surface area contributed by atoms with E-state index in [1.807, 2.05) is 0 Å². The molecule has 1 heterocycles. The van der Waals surface area contributed by atoms with Crippen LogP contribution in [0, 0.1) is 5.92 Å². The van der Waals surface area contributed by atoms with Gasteiger partial charge in [0.2, 0.25) is 0 Å². The van der Waals surface area contributed by atoms with Crippen molar-refractivity contribution in [3.63, 3.8) is 0 Å². The van der Waals surface area contributed by atoms with Crippen molar-refractivity contribution in [1.29, 1.82) is 0 Å². The third kappa shape index (κ3) is 2.58. The molecule has 0 bridgehead atoms. The third-order valence-corrected chi connectivity index (χ3v) is 3.85. The highest BCUT2D eigenvalue weighted by Crippen LogP contribution is 2.28. The van der Waals surface area contributed by atoms with Gasteiger partial charge < -0.3 is 0 Å². The van der Waals surface area contributed by atoms with Crippen molar-refractivity contribution in [2.24, 2.45) is 5.92 Å². The zero-order chi connectivity index (χ0) is 9.80. The van der Waals surface area contributed by atoms with Crippen molar-refractivity contribution in [1.82, 2.24) is 0 Å². The molecule has 1 aromatic heterocycles. The summed E-state index contributed by atoms with van der Waals surface area (Å²) < 4.78 is 1.23. The molecule has 0 saturated heterocycles. The Kier molecular flexibility index (Phi) is 3.60. The molecule has 1 aliphatic rings. The minimum Gasteiger partial charge on any atom is -0.152 e. The van der Waals surface area contributed by atoms with Gasteiger partial charge in [0.1, 0.15) is 0 Å². The van der Waals surface area contributed by atoms with Crippen LogP contribution >= 0.6 is 27.3 Å². The molecule has 14 heavy (non-hydrogen) atoms. The van der Waals surface area contributed by atoms with Crippen LogP contribution < -0.4 is 0 Å². The van der Waals surface area contributed by atoms with Gasteiger partial charge in [-0.25, -0.2) is 0 Å². The monoisotopic (exact) mass is 268 g/mol. The maximum atomic E-state index is 3.63. The highest BCUT2D eigenvalue weighted by molar-refractivity contribution is 9.15. The Balaban J connectivity index is 2.10. The average Bonchev–Trinajstić information content (AvgIpc) is 2.72. The number of hydrogen-bond acceptors (Lipinski definition) is 1. The molecule has 74 valence electrons. The Hall–Kier alpha value is -0.340. The Bertz CT molecular complexity index is 335. The summed E-state index contributed by atoms with van der Waals surface area (Å²) in [6.07, 6.45) is 10.8. The van der Waals surface area contributed by atoms with Gasteiger partial charge in [-0.15, -0.1) is 0 Å². The first-order chi connectivity index (χ1) is 6.86. The molecule has 0 fully saturated rings. The Morgan fingerprint density at radius 2 is 2.50 bits per heavy atom. The van der Waals surface area contributed by atoms with Gasteiger partial charge in [-0.1, -0.05) is 34.2 Å². The molecule has 0 aromatic carbocycles. The molecule has 1 unspecified atom stereocenters. The number of thiophene rings is 1. The van der Waals surface area contributed by atoms with Crippen LogP contribution in [-0.2, 0) is 0 Å². The van der Waals surface area contributed by atoms with Gasteiger partial charge in [-0.3, -0.25) is 0 Å².